The van der Waals surface area contributed by atoms with E-state index in [9.17, 15) is 13.9 Å². The molecule has 1 aliphatic rings. The van der Waals surface area contributed by atoms with Crippen molar-refractivity contribution in [1.82, 2.24) is 29.8 Å². The molecule has 38 heavy (non-hydrogen) atoms. The Bertz CT molecular complexity index is 1330. The van der Waals surface area contributed by atoms with Crippen molar-refractivity contribution in [2.45, 2.75) is 25.5 Å². The van der Waals surface area contributed by atoms with E-state index in [1.54, 1.807) is 35.0 Å². The predicted octanol–water partition coefficient (Wildman–Crippen LogP) is 3.21. The molecule has 1 aliphatic heterocycles. The van der Waals surface area contributed by atoms with Gasteiger partial charge in [-0.2, -0.15) is 5.10 Å². The van der Waals surface area contributed by atoms with Gasteiger partial charge in [0.15, 0.2) is 17.5 Å². The van der Waals surface area contributed by atoms with E-state index >= 15 is 0 Å². The molecule has 4 aromatic rings. The van der Waals surface area contributed by atoms with Crippen molar-refractivity contribution in [2.75, 3.05) is 44.7 Å². The van der Waals surface area contributed by atoms with Crippen LogP contribution in [0.3, 0.4) is 0 Å². The first-order valence-electron chi connectivity index (χ1n) is 12.5. The van der Waals surface area contributed by atoms with Crippen LogP contribution in [0.1, 0.15) is 18.4 Å². The van der Waals surface area contributed by atoms with E-state index in [1.165, 1.54) is 12.3 Å². The fourth-order valence-corrected chi connectivity index (χ4v) is 4.26. The molecular weight excluding hydrogens is 496 g/mol. The molecule has 200 valence electrons. The molecule has 0 radical (unpaired) electrons. The highest BCUT2D eigenvalue weighted by Gasteiger charge is 2.18. The van der Waals surface area contributed by atoms with Gasteiger partial charge in [-0.3, -0.25) is 9.58 Å². The van der Waals surface area contributed by atoms with Crippen LogP contribution in [-0.4, -0.2) is 80.4 Å². The Labute approximate surface area is 218 Å². The molecular formula is C26H29F2N7O3. The van der Waals surface area contributed by atoms with Crippen molar-refractivity contribution in [2.24, 2.45) is 0 Å². The lowest BCUT2D eigenvalue weighted by Gasteiger charge is -2.27. The summed E-state index contributed by atoms with van der Waals surface area (Å²) in [6.45, 7) is 4.44. The van der Waals surface area contributed by atoms with E-state index in [0.29, 0.717) is 55.2 Å². The second-order valence-corrected chi connectivity index (χ2v) is 9.05. The molecule has 0 spiro atoms. The van der Waals surface area contributed by atoms with Crippen molar-refractivity contribution in [3.8, 4) is 22.9 Å². The van der Waals surface area contributed by atoms with Crippen molar-refractivity contribution >= 4 is 5.82 Å². The lowest BCUT2D eigenvalue weighted by atomic mass is 10.1. The summed E-state index contributed by atoms with van der Waals surface area (Å²) < 4.78 is 40.7. The average molecular weight is 526 g/mol. The average Bonchev–Trinajstić information content (AvgIpc) is 3.61. The van der Waals surface area contributed by atoms with Gasteiger partial charge in [0.1, 0.15) is 23.5 Å². The molecule has 5 rings (SSSR count). The molecule has 1 saturated heterocycles. The molecule has 0 bridgehead atoms. The van der Waals surface area contributed by atoms with E-state index in [2.05, 4.69) is 30.4 Å². The van der Waals surface area contributed by atoms with E-state index in [-0.39, 0.29) is 24.0 Å². The summed E-state index contributed by atoms with van der Waals surface area (Å²) in [5.41, 5.74) is 1.89. The molecule has 3 aromatic heterocycles. The number of hydrogen-bond acceptors (Lipinski definition) is 9. The van der Waals surface area contributed by atoms with Crippen LogP contribution < -0.4 is 5.32 Å². The first-order chi connectivity index (χ1) is 18.6. The Morgan fingerprint density at radius 3 is 2.68 bits per heavy atom. The van der Waals surface area contributed by atoms with Crippen LogP contribution in [-0.2, 0) is 11.3 Å². The normalized spacial score (nSPS) is 15.0. The molecule has 1 atom stereocenters. The summed E-state index contributed by atoms with van der Waals surface area (Å²) in [7, 11) is 0. The second kappa shape index (κ2) is 12.2. The van der Waals surface area contributed by atoms with Gasteiger partial charge >= 0.3 is 0 Å². The number of aliphatic hydroxyl groups excluding tert-OH is 1. The van der Waals surface area contributed by atoms with Gasteiger partial charge in [0, 0.05) is 37.8 Å². The molecule has 1 fully saturated rings. The minimum atomic E-state index is -0.612. The third-order valence-corrected chi connectivity index (χ3v) is 6.38. The number of aromatic nitrogens is 5. The lowest BCUT2D eigenvalue weighted by Crippen LogP contribution is -2.38. The Morgan fingerprint density at radius 1 is 1.05 bits per heavy atom. The zero-order valence-corrected chi connectivity index (χ0v) is 20.8. The van der Waals surface area contributed by atoms with Crippen LogP contribution in [0.4, 0.5) is 14.6 Å². The van der Waals surface area contributed by atoms with Gasteiger partial charge in [0.2, 0.25) is 0 Å². The monoisotopic (exact) mass is 525 g/mol. The topological polar surface area (TPSA) is 114 Å². The Morgan fingerprint density at radius 2 is 1.89 bits per heavy atom. The summed E-state index contributed by atoms with van der Waals surface area (Å²) >= 11 is 0. The van der Waals surface area contributed by atoms with Crippen molar-refractivity contribution in [3.63, 3.8) is 0 Å². The molecule has 0 amide bonds. The second-order valence-electron chi connectivity index (χ2n) is 9.05. The lowest BCUT2D eigenvalue weighted by molar-refractivity contribution is 0.0298. The molecule has 4 heterocycles. The van der Waals surface area contributed by atoms with Gasteiger partial charge in [-0.1, -0.05) is 23.4 Å². The number of anilines is 1. The van der Waals surface area contributed by atoms with Crippen LogP contribution in [0.15, 0.2) is 53.4 Å². The fourth-order valence-electron chi connectivity index (χ4n) is 4.26. The highest BCUT2D eigenvalue weighted by molar-refractivity contribution is 5.63. The first kappa shape index (κ1) is 25.9. The number of hydrogen-bond donors (Lipinski definition) is 2. The van der Waals surface area contributed by atoms with Crippen LogP contribution in [0.5, 0.6) is 0 Å². The number of morpholine rings is 1. The van der Waals surface area contributed by atoms with Gasteiger partial charge in [0.05, 0.1) is 37.8 Å². The fraction of sp³-hybridized carbons (Fsp3) is 0.385. The molecule has 1 unspecified atom stereocenters. The van der Waals surface area contributed by atoms with Crippen LogP contribution >= 0.6 is 0 Å². The Balaban J connectivity index is 1.27. The minimum Gasteiger partial charge on any atom is -0.393 e. The van der Waals surface area contributed by atoms with Crippen LogP contribution in [0.2, 0.25) is 0 Å². The maximum Gasteiger partial charge on any atom is 0.183 e. The largest absolute Gasteiger partial charge is 0.393 e. The smallest absolute Gasteiger partial charge is 0.183 e. The van der Waals surface area contributed by atoms with Gasteiger partial charge in [0.25, 0.3) is 0 Å². The van der Waals surface area contributed by atoms with E-state index < -0.39 is 11.9 Å². The number of halogens is 2. The van der Waals surface area contributed by atoms with Crippen molar-refractivity contribution in [1.29, 1.82) is 0 Å². The van der Waals surface area contributed by atoms with Gasteiger partial charge < -0.3 is 19.7 Å². The summed E-state index contributed by atoms with van der Waals surface area (Å²) in [6, 6.07) is 9.80. The van der Waals surface area contributed by atoms with Crippen LogP contribution in [0, 0.1) is 11.6 Å². The highest BCUT2D eigenvalue weighted by atomic mass is 19.1. The predicted molar refractivity (Wildman–Crippen MR) is 135 cm³/mol. The number of ether oxygens (including phenoxy) is 1. The third kappa shape index (κ3) is 6.39. The third-order valence-electron chi connectivity index (χ3n) is 6.38. The molecule has 12 heteroatoms. The van der Waals surface area contributed by atoms with E-state index in [1.807, 2.05) is 0 Å². The van der Waals surface area contributed by atoms with Crippen molar-refractivity contribution < 1.29 is 23.1 Å². The van der Waals surface area contributed by atoms with Gasteiger partial charge in [-0.15, -0.1) is 0 Å². The SMILES string of the molecule is OC(CCNc1nc(-c2cc(-c3ccon3)n(Cc3ccccc3F)n2)ncc1F)CCN1CCOCC1. The number of benzene rings is 1. The number of rotatable bonds is 11. The quantitative estimate of drug-likeness (QED) is 0.305. The molecule has 0 saturated carbocycles. The van der Waals surface area contributed by atoms with Gasteiger partial charge in [-0.25, -0.2) is 18.7 Å². The molecule has 2 N–H and O–H groups in total. The zero-order chi connectivity index (χ0) is 26.3. The Hall–Kier alpha value is -3.74. The van der Waals surface area contributed by atoms with Gasteiger partial charge in [-0.05, 0) is 25.0 Å². The summed E-state index contributed by atoms with van der Waals surface area (Å²) in [5, 5.41) is 21.8. The minimum absolute atomic E-state index is 0.0158. The Kier molecular flexibility index (Phi) is 8.31. The maximum atomic E-state index is 14.5. The van der Waals surface area contributed by atoms with E-state index in [0.717, 1.165) is 25.8 Å². The van der Waals surface area contributed by atoms with Crippen LogP contribution in [0.25, 0.3) is 22.9 Å². The zero-order valence-electron chi connectivity index (χ0n) is 20.8. The maximum absolute atomic E-state index is 14.5. The molecule has 10 nitrogen and oxygen atoms in total. The van der Waals surface area contributed by atoms with Crippen molar-refractivity contribution in [3.05, 3.63) is 66.1 Å². The summed E-state index contributed by atoms with van der Waals surface area (Å²) in [6.07, 6.45) is 3.06. The van der Waals surface area contributed by atoms with E-state index in [4.69, 9.17) is 9.26 Å². The number of nitrogens with one attached hydrogen (secondary N) is 1. The summed E-state index contributed by atoms with van der Waals surface area (Å²) in [5.74, 6) is -0.757. The number of nitrogens with zero attached hydrogens (tertiary/aromatic N) is 6. The highest BCUT2D eigenvalue weighted by Crippen LogP contribution is 2.26. The first-order valence-corrected chi connectivity index (χ1v) is 12.5. The summed E-state index contributed by atoms with van der Waals surface area (Å²) in [4.78, 5) is 10.7. The number of aliphatic hydroxyl groups is 1. The molecule has 1 aromatic carbocycles. The standard InChI is InChI=1S/C26H29F2N7O3/c27-20-4-2-1-3-18(20)17-35-24(22-7-12-38-33-22)15-23(32-35)26-30-16-21(28)25(31-26)29-8-5-19(36)6-9-34-10-13-37-14-11-34/h1-4,7,12,15-16,19,36H,5-6,8-11,13-14,17H2,(H,29,30,31). The molecule has 0 aliphatic carbocycles.